The van der Waals surface area contributed by atoms with Crippen LogP contribution in [0.15, 0.2) is 35.5 Å². The second kappa shape index (κ2) is 5.76. The molecule has 2 aliphatic rings. The molecule has 130 valence electrons. The summed E-state index contributed by atoms with van der Waals surface area (Å²) in [5, 5.41) is 13.1. The van der Waals surface area contributed by atoms with Gasteiger partial charge < -0.3 is 14.6 Å². The van der Waals surface area contributed by atoms with E-state index in [-0.39, 0.29) is 23.0 Å². The molecule has 5 heteroatoms. The molecule has 0 bridgehead atoms. The van der Waals surface area contributed by atoms with E-state index in [0.717, 1.165) is 47.5 Å². The van der Waals surface area contributed by atoms with Crippen LogP contribution in [0.25, 0.3) is 0 Å². The van der Waals surface area contributed by atoms with Crippen molar-refractivity contribution in [3.63, 3.8) is 0 Å². The lowest BCUT2D eigenvalue weighted by atomic mass is 9.86. The minimum Gasteiger partial charge on any atom is -0.508 e. The van der Waals surface area contributed by atoms with E-state index in [0.29, 0.717) is 6.61 Å². The molecule has 1 atom stereocenters. The number of fused-ring (bicyclic) bond motifs is 3. The molecule has 5 nitrogen and oxygen atoms in total. The maximum atomic E-state index is 10.6. The molecule has 2 heterocycles. The molecule has 1 N–H and O–H groups in total. The van der Waals surface area contributed by atoms with Crippen LogP contribution in [0, 0.1) is 4.91 Å². The van der Waals surface area contributed by atoms with Gasteiger partial charge in [0, 0.05) is 23.1 Å². The Morgan fingerprint density at radius 3 is 2.84 bits per heavy atom. The van der Waals surface area contributed by atoms with E-state index >= 15 is 0 Å². The lowest BCUT2D eigenvalue weighted by Crippen LogP contribution is -2.33. The van der Waals surface area contributed by atoms with E-state index < -0.39 is 0 Å². The summed E-state index contributed by atoms with van der Waals surface area (Å²) < 4.78 is 12.2. The Hall–Kier alpha value is -2.56. The average molecular weight is 339 g/mol. The summed E-state index contributed by atoms with van der Waals surface area (Å²) in [6.07, 6.45) is 2.69. The molecule has 0 saturated heterocycles. The van der Waals surface area contributed by atoms with E-state index in [1.54, 1.807) is 12.1 Å². The maximum absolute atomic E-state index is 10.6. The van der Waals surface area contributed by atoms with E-state index in [1.807, 2.05) is 6.07 Å². The van der Waals surface area contributed by atoms with Crippen LogP contribution >= 0.6 is 0 Å². The molecular weight excluding hydrogens is 318 g/mol. The Kier molecular flexibility index (Phi) is 3.67. The minimum atomic E-state index is -0.140. The van der Waals surface area contributed by atoms with Gasteiger partial charge in [0.25, 0.3) is 0 Å². The Balaban J connectivity index is 1.64. The molecule has 4 rings (SSSR count). The van der Waals surface area contributed by atoms with Crippen LogP contribution in [0.5, 0.6) is 17.2 Å². The number of phenolic OH excluding ortho intramolecular Hbond substituents is 1. The van der Waals surface area contributed by atoms with Crippen molar-refractivity contribution in [3.8, 4) is 17.2 Å². The number of phenols is 1. The first-order valence-corrected chi connectivity index (χ1v) is 8.60. The highest BCUT2D eigenvalue weighted by atomic mass is 16.5. The predicted molar refractivity (Wildman–Crippen MR) is 95.0 cm³/mol. The fourth-order valence-corrected chi connectivity index (χ4v) is 3.75. The summed E-state index contributed by atoms with van der Waals surface area (Å²) in [4.78, 5) is 10.6. The first-order chi connectivity index (χ1) is 12.0. The van der Waals surface area contributed by atoms with Crippen molar-refractivity contribution in [1.29, 1.82) is 0 Å². The standard InChI is InChI=1S/C20H21NO4/c1-20(2)8-7-16-18(25-20)6-3-12-9-13(11-24-19(12)16)15-5-4-14(21-23)10-17(15)22/h3-6,10,13,22H,7-9,11H2,1-2H3. The van der Waals surface area contributed by atoms with Gasteiger partial charge in [-0.05, 0) is 56.0 Å². The fourth-order valence-electron chi connectivity index (χ4n) is 3.75. The third-order valence-electron chi connectivity index (χ3n) is 5.12. The third kappa shape index (κ3) is 2.84. The second-order valence-corrected chi connectivity index (χ2v) is 7.44. The molecule has 0 aromatic heterocycles. The Morgan fingerprint density at radius 1 is 1.24 bits per heavy atom. The number of ether oxygens (including phenoxy) is 2. The lowest BCUT2D eigenvalue weighted by molar-refractivity contribution is 0.0826. The van der Waals surface area contributed by atoms with Crippen molar-refractivity contribution in [1.82, 2.24) is 0 Å². The highest BCUT2D eigenvalue weighted by molar-refractivity contribution is 5.54. The molecule has 0 fully saturated rings. The summed E-state index contributed by atoms with van der Waals surface area (Å²) in [7, 11) is 0. The van der Waals surface area contributed by atoms with Gasteiger partial charge in [-0.3, -0.25) is 0 Å². The minimum absolute atomic E-state index is 0.0483. The van der Waals surface area contributed by atoms with E-state index in [2.05, 4.69) is 25.1 Å². The molecule has 1 unspecified atom stereocenters. The SMILES string of the molecule is CC1(C)CCc2c(ccc3c2OCC(c2ccc(N=O)cc2O)C3)O1. The van der Waals surface area contributed by atoms with Gasteiger partial charge in [0.05, 0.1) is 6.61 Å². The van der Waals surface area contributed by atoms with Crippen LogP contribution < -0.4 is 9.47 Å². The topological polar surface area (TPSA) is 68.1 Å². The second-order valence-electron chi connectivity index (χ2n) is 7.44. The Labute approximate surface area is 146 Å². The Bertz CT molecular complexity index is 844. The first kappa shape index (κ1) is 15.9. The van der Waals surface area contributed by atoms with Gasteiger partial charge in [-0.1, -0.05) is 12.1 Å². The number of hydrogen-bond donors (Lipinski definition) is 1. The molecule has 0 aliphatic carbocycles. The van der Waals surface area contributed by atoms with Gasteiger partial charge in [0.2, 0.25) is 0 Å². The normalized spacial score (nSPS) is 20.6. The monoisotopic (exact) mass is 339 g/mol. The predicted octanol–water partition coefficient (Wildman–Crippen LogP) is 4.61. The van der Waals surface area contributed by atoms with Gasteiger partial charge >= 0.3 is 0 Å². The Morgan fingerprint density at radius 2 is 2.08 bits per heavy atom. The highest BCUT2D eigenvalue weighted by Gasteiger charge is 2.32. The van der Waals surface area contributed by atoms with Gasteiger partial charge in [0.1, 0.15) is 28.5 Å². The number of benzene rings is 2. The largest absolute Gasteiger partial charge is 0.508 e. The number of hydrogen-bond acceptors (Lipinski definition) is 5. The van der Waals surface area contributed by atoms with E-state index in [1.165, 1.54) is 6.07 Å². The van der Waals surface area contributed by atoms with Crippen LogP contribution in [0.1, 0.15) is 42.9 Å². The zero-order valence-corrected chi connectivity index (χ0v) is 14.4. The smallest absolute Gasteiger partial charge is 0.129 e. The van der Waals surface area contributed by atoms with Gasteiger partial charge in [0.15, 0.2) is 0 Å². The summed E-state index contributed by atoms with van der Waals surface area (Å²) in [6, 6.07) is 8.87. The van der Waals surface area contributed by atoms with Crippen LogP contribution in [-0.4, -0.2) is 17.3 Å². The first-order valence-electron chi connectivity index (χ1n) is 8.60. The highest BCUT2D eigenvalue weighted by Crippen LogP contribution is 2.44. The molecule has 25 heavy (non-hydrogen) atoms. The average Bonchev–Trinajstić information content (AvgIpc) is 2.60. The third-order valence-corrected chi connectivity index (χ3v) is 5.12. The number of nitrogens with zero attached hydrogens (tertiary/aromatic N) is 1. The van der Waals surface area contributed by atoms with Crippen molar-refractivity contribution in [3.05, 3.63) is 51.9 Å². The summed E-state index contributed by atoms with van der Waals surface area (Å²) in [5.41, 5.74) is 3.16. The van der Waals surface area contributed by atoms with Crippen molar-refractivity contribution < 1.29 is 14.6 Å². The molecule has 2 aromatic carbocycles. The number of nitroso groups, excluding NO2 is 1. The molecule has 0 radical (unpaired) electrons. The molecule has 0 amide bonds. The quantitative estimate of drug-likeness (QED) is 0.811. The van der Waals surface area contributed by atoms with Crippen LogP contribution in [-0.2, 0) is 12.8 Å². The zero-order chi connectivity index (χ0) is 17.6. The fraction of sp³-hybridized carbons (Fsp3) is 0.400. The van der Waals surface area contributed by atoms with Gasteiger partial charge in [-0.15, -0.1) is 4.91 Å². The zero-order valence-electron chi connectivity index (χ0n) is 14.4. The van der Waals surface area contributed by atoms with Crippen molar-refractivity contribution in [2.45, 2.75) is 44.6 Å². The van der Waals surface area contributed by atoms with E-state index in [9.17, 15) is 10.0 Å². The lowest BCUT2D eigenvalue weighted by Gasteiger charge is -2.35. The molecular formula is C20H21NO4. The molecule has 2 aliphatic heterocycles. The van der Waals surface area contributed by atoms with E-state index in [4.69, 9.17) is 9.47 Å². The molecule has 2 aromatic rings. The summed E-state index contributed by atoms with van der Waals surface area (Å²) >= 11 is 0. The molecule has 0 saturated carbocycles. The summed E-state index contributed by atoms with van der Waals surface area (Å²) in [5.74, 6) is 2.00. The number of rotatable bonds is 2. The van der Waals surface area contributed by atoms with Crippen LogP contribution in [0.3, 0.4) is 0 Å². The maximum Gasteiger partial charge on any atom is 0.129 e. The van der Waals surface area contributed by atoms with Gasteiger partial charge in [-0.2, -0.15) is 0 Å². The summed E-state index contributed by atoms with van der Waals surface area (Å²) in [6.45, 7) is 4.70. The van der Waals surface area contributed by atoms with Crippen LogP contribution in [0.2, 0.25) is 0 Å². The van der Waals surface area contributed by atoms with Crippen LogP contribution in [0.4, 0.5) is 5.69 Å². The van der Waals surface area contributed by atoms with Crippen molar-refractivity contribution in [2.24, 2.45) is 5.18 Å². The van der Waals surface area contributed by atoms with Crippen molar-refractivity contribution >= 4 is 5.69 Å². The number of aromatic hydroxyl groups is 1. The van der Waals surface area contributed by atoms with Gasteiger partial charge in [-0.25, -0.2) is 0 Å². The molecule has 0 spiro atoms. The van der Waals surface area contributed by atoms with Crippen molar-refractivity contribution in [2.75, 3.05) is 6.61 Å².